The Balaban J connectivity index is 1.99. The highest BCUT2D eigenvalue weighted by molar-refractivity contribution is 9.10. The fourth-order valence-corrected chi connectivity index (χ4v) is 1.71. The first-order chi connectivity index (χ1) is 7.25. The van der Waals surface area contributed by atoms with Gasteiger partial charge in [-0.3, -0.25) is 0 Å². The Labute approximate surface area is 97.3 Å². The molecule has 78 valence electrons. The third kappa shape index (κ3) is 2.65. The Hall–Kier alpha value is -1.16. The SMILES string of the molecule is Cn1cnnc1CCc1ccc(Br)cc1. The second-order valence-corrected chi connectivity index (χ2v) is 4.40. The average Bonchev–Trinajstić information content (AvgIpc) is 2.63. The van der Waals surface area contributed by atoms with Crippen molar-refractivity contribution in [2.45, 2.75) is 12.8 Å². The maximum absolute atomic E-state index is 4.05. The monoisotopic (exact) mass is 265 g/mol. The van der Waals surface area contributed by atoms with Crippen molar-refractivity contribution in [3.05, 3.63) is 46.5 Å². The Morgan fingerprint density at radius 2 is 1.93 bits per heavy atom. The highest BCUT2D eigenvalue weighted by atomic mass is 79.9. The number of nitrogens with zero attached hydrogens (tertiary/aromatic N) is 3. The fraction of sp³-hybridized carbons (Fsp3) is 0.273. The van der Waals surface area contributed by atoms with E-state index in [0.29, 0.717) is 0 Å². The summed E-state index contributed by atoms with van der Waals surface area (Å²) in [5, 5.41) is 7.91. The molecule has 0 unspecified atom stereocenters. The zero-order chi connectivity index (χ0) is 10.7. The van der Waals surface area contributed by atoms with Gasteiger partial charge in [-0.05, 0) is 24.1 Å². The van der Waals surface area contributed by atoms with Crippen LogP contribution in [0.15, 0.2) is 35.1 Å². The molecule has 1 heterocycles. The number of halogens is 1. The summed E-state index contributed by atoms with van der Waals surface area (Å²) in [6.45, 7) is 0. The van der Waals surface area contributed by atoms with Crippen LogP contribution < -0.4 is 0 Å². The summed E-state index contributed by atoms with van der Waals surface area (Å²) in [6, 6.07) is 8.37. The van der Waals surface area contributed by atoms with Gasteiger partial charge in [0.2, 0.25) is 0 Å². The lowest BCUT2D eigenvalue weighted by molar-refractivity contribution is 0.769. The van der Waals surface area contributed by atoms with Crippen LogP contribution in [-0.2, 0) is 19.9 Å². The van der Waals surface area contributed by atoms with Crippen LogP contribution in [0.2, 0.25) is 0 Å². The minimum Gasteiger partial charge on any atom is -0.321 e. The van der Waals surface area contributed by atoms with E-state index in [0.717, 1.165) is 23.1 Å². The standard InChI is InChI=1S/C11H12BrN3/c1-15-8-13-14-11(15)7-4-9-2-5-10(12)6-3-9/h2-3,5-6,8H,4,7H2,1H3. The summed E-state index contributed by atoms with van der Waals surface area (Å²) < 4.78 is 3.07. The number of aromatic nitrogens is 3. The number of rotatable bonds is 3. The van der Waals surface area contributed by atoms with Gasteiger partial charge >= 0.3 is 0 Å². The molecule has 1 aromatic carbocycles. The second-order valence-electron chi connectivity index (χ2n) is 3.48. The van der Waals surface area contributed by atoms with E-state index >= 15 is 0 Å². The van der Waals surface area contributed by atoms with Gasteiger partial charge in [-0.15, -0.1) is 10.2 Å². The van der Waals surface area contributed by atoms with Gasteiger partial charge in [-0.1, -0.05) is 28.1 Å². The average molecular weight is 266 g/mol. The molecule has 2 rings (SSSR count). The zero-order valence-corrected chi connectivity index (χ0v) is 10.1. The molecule has 0 spiro atoms. The van der Waals surface area contributed by atoms with Crippen molar-refractivity contribution in [2.24, 2.45) is 7.05 Å². The number of hydrogen-bond donors (Lipinski definition) is 0. The lowest BCUT2D eigenvalue weighted by Gasteiger charge is -2.01. The molecule has 1 aromatic heterocycles. The lowest BCUT2D eigenvalue weighted by atomic mass is 10.1. The van der Waals surface area contributed by atoms with E-state index in [1.807, 2.05) is 11.6 Å². The second kappa shape index (κ2) is 4.57. The highest BCUT2D eigenvalue weighted by Gasteiger charge is 2.01. The van der Waals surface area contributed by atoms with Crippen LogP contribution in [0.5, 0.6) is 0 Å². The van der Waals surface area contributed by atoms with Gasteiger partial charge in [0, 0.05) is 17.9 Å². The van der Waals surface area contributed by atoms with Crippen molar-refractivity contribution < 1.29 is 0 Å². The van der Waals surface area contributed by atoms with Crippen LogP contribution in [-0.4, -0.2) is 14.8 Å². The molecule has 0 aliphatic heterocycles. The molecule has 4 heteroatoms. The van der Waals surface area contributed by atoms with Crippen LogP contribution in [0, 0.1) is 0 Å². The first-order valence-electron chi connectivity index (χ1n) is 4.83. The Kier molecular flexibility index (Phi) is 3.16. The van der Waals surface area contributed by atoms with Gasteiger partial charge in [-0.25, -0.2) is 0 Å². The van der Waals surface area contributed by atoms with E-state index in [1.165, 1.54) is 5.56 Å². The first-order valence-corrected chi connectivity index (χ1v) is 5.62. The van der Waals surface area contributed by atoms with Crippen LogP contribution in [0.1, 0.15) is 11.4 Å². The number of hydrogen-bond acceptors (Lipinski definition) is 2. The van der Waals surface area contributed by atoms with Gasteiger partial charge in [-0.2, -0.15) is 0 Å². The predicted octanol–water partition coefficient (Wildman–Crippen LogP) is 2.36. The predicted molar refractivity (Wildman–Crippen MR) is 62.6 cm³/mol. The van der Waals surface area contributed by atoms with Crippen molar-refractivity contribution in [3.8, 4) is 0 Å². The third-order valence-corrected chi connectivity index (χ3v) is 2.88. The molecular weight excluding hydrogens is 254 g/mol. The maximum atomic E-state index is 4.05. The number of benzene rings is 1. The van der Waals surface area contributed by atoms with Crippen molar-refractivity contribution >= 4 is 15.9 Å². The molecule has 0 fully saturated rings. The zero-order valence-electron chi connectivity index (χ0n) is 8.52. The summed E-state index contributed by atoms with van der Waals surface area (Å²) in [6.07, 6.45) is 3.66. The number of aryl methyl sites for hydroxylation is 3. The summed E-state index contributed by atoms with van der Waals surface area (Å²) >= 11 is 3.42. The van der Waals surface area contributed by atoms with Gasteiger partial charge in [0.15, 0.2) is 0 Å². The summed E-state index contributed by atoms with van der Waals surface area (Å²) in [4.78, 5) is 0. The van der Waals surface area contributed by atoms with Crippen LogP contribution in [0.3, 0.4) is 0 Å². The van der Waals surface area contributed by atoms with E-state index in [2.05, 4.69) is 50.4 Å². The lowest BCUT2D eigenvalue weighted by Crippen LogP contribution is -1.99. The quantitative estimate of drug-likeness (QED) is 0.853. The molecule has 3 nitrogen and oxygen atoms in total. The van der Waals surface area contributed by atoms with Crippen molar-refractivity contribution in [2.75, 3.05) is 0 Å². The molecule has 0 aliphatic carbocycles. The highest BCUT2D eigenvalue weighted by Crippen LogP contribution is 2.11. The van der Waals surface area contributed by atoms with E-state index in [-0.39, 0.29) is 0 Å². The molecule has 0 saturated heterocycles. The fourth-order valence-electron chi connectivity index (χ4n) is 1.44. The van der Waals surface area contributed by atoms with Crippen LogP contribution >= 0.6 is 15.9 Å². The molecule has 0 aliphatic rings. The summed E-state index contributed by atoms with van der Waals surface area (Å²) in [5.41, 5.74) is 1.32. The maximum Gasteiger partial charge on any atom is 0.132 e. The topological polar surface area (TPSA) is 30.7 Å². The minimum atomic E-state index is 0.929. The van der Waals surface area contributed by atoms with Gasteiger partial charge in [0.25, 0.3) is 0 Å². The van der Waals surface area contributed by atoms with Crippen LogP contribution in [0.4, 0.5) is 0 Å². The molecule has 0 saturated carbocycles. The van der Waals surface area contributed by atoms with Gasteiger partial charge in [0.05, 0.1) is 0 Å². The molecule has 2 aromatic rings. The molecule has 0 bridgehead atoms. The smallest absolute Gasteiger partial charge is 0.132 e. The van der Waals surface area contributed by atoms with E-state index < -0.39 is 0 Å². The van der Waals surface area contributed by atoms with Crippen molar-refractivity contribution in [1.29, 1.82) is 0 Å². The molecule has 0 amide bonds. The summed E-state index contributed by atoms with van der Waals surface area (Å²) in [7, 11) is 1.97. The molecule has 0 N–H and O–H groups in total. The molecule has 0 radical (unpaired) electrons. The van der Waals surface area contributed by atoms with Crippen LogP contribution in [0.25, 0.3) is 0 Å². The summed E-state index contributed by atoms with van der Waals surface area (Å²) in [5.74, 6) is 1.03. The van der Waals surface area contributed by atoms with E-state index in [9.17, 15) is 0 Å². The Bertz CT molecular complexity index is 433. The minimum absolute atomic E-state index is 0.929. The Morgan fingerprint density at radius 1 is 1.20 bits per heavy atom. The molecule has 15 heavy (non-hydrogen) atoms. The normalized spacial score (nSPS) is 10.5. The van der Waals surface area contributed by atoms with E-state index in [4.69, 9.17) is 0 Å². The van der Waals surface area contributed by atoms with E-state index in [1.54, 1.807) is 6.33 Å². The van der Waals surface area contributed by atoms with Crippen molar-refractivity contribution in [3.63, 3.8) is 0 Å². The largest absolute Gasteiger partial charge is 0.321 e. The van der Waals surface area contributed by atoms with Gasteiger partial charge < -0.3 is 4.57 Å². The molecular formula is C11H12BrN3. The first kappa shape index (κ1) is 10.4. The van der Waals surface area contributed by atoms with Gasteiger partial charge in [0.1, 0.15) is 12.2 Å². The third-order valence-electron chi connectivity index (χ3n) is 2.36. The Morgan fingerprint density at radius 3 is 2.53 bits per heavy atom. The molecule has 0 atom stereocenters. The van der Waals surface area contributed by atoms with Crippen molar-refractivity contribution in [1.82, 2.24) is 14.8 Å².